The molecule has 2 rings (SSSR count). The number of nitrogens with two attached hydrogens (primary N) is 1. The Kier molecular flexibility index (Phi) is 3.90. The average molecular weight is 253 g/mol. The number of hydrogen-bond donors (Lipinski definition) is 2. The maximum Gasteiger partial charge on any atom is 0.240 e. The highest BCUT2D eigenvalue weighted by atomic mass is 16.2. The van der Waals surface area contributed by atoms with Gasteiger partial charge in [-0.1, -0.05) is 6.92 Å². The fraction of sp³-hybridized carbons (Fsp3) is 0.846. The summed E-state index contributed by atoms with van der Waals surface area (Å²) in [6.45, 7) is 4.52. The molecule has 0 aromatic carbocycles. The van der Waals surface area contributed by atoms with Crippen molar-refractivity contribution in [3.8, 4) is 0 Å². The Morgan fingerprint density at radius 3 is 2.61 bits per heavy atom. The second kappa shape index (κ2) is 5.26. The third-order valence-corrected chi connectivity index (χ3v) is 4.53. The van der Waals surface area contributed by atoms with Gasteiger partial charge in [-0.05, 0) is 45.2 Å². The van der Waals surface area contributed by atoms with Gasteiger partial charge in [-0.15, -0.1) is 0 Å². The van der Waals surface area contributed by atoms with Gasteiger partial charge in [-0.25, -0.2) is 0 Å². The van der Waals surface area contributed by atoms with Crippen LogP contribution in [-0.4, -0.2) is 42.4 Å². The quantitative estimate of drug-likeness (QED) is 0.756. The SMILES string of the molecule is CCC1(C(=O)N2CCCC2C(N)=O)CCNCC1. The van der Waals surface area contributed by atoms with Gasteiger partial charge in [0, 0.05) is 6.54 Å². The highest BCUT2D eigenvalue weighted by Crippen LogP contribution is 2.36. The molecule has 0 aromatic rings. The van der Waals surface area contributed by atoms with E-state index in [1.54, 1.807) is 4.90 Å². The van der Waals surface area contributed by atoms with Crippen molar-refractivity contribution in [3.05, 3.63) is 0 Å². The van der Waals surface area contributed by atoms with Crippen molar-refractivity contribution in [1.82, 2.24) is 10.2 Å². The maximum absolute atomic E-state index is 12.8. The molecule has 0 spiro atoms. The van der Waals surface area contributed by atoms with Gasteiger partial charge in [0.05, 0.1) is 5.41 Å². The van der Waals surface area contributed by atoms with Crippen LogP contribution in [0.4, 0.5) is 0 Å². The number of rotatable bonds is 3. The number of primary amides is 1. The molecule has 0 aliphatic carbocycles. The molecule has 2 saturated heterocycles. The number of piperidine rings is 1. The molecular weight excluding hydrogens is 230 g/mol. The zero-order valence-electron chi connectivity index (χ0n) is 11.1. The number of carbonyl (C=O) groups excluding carboxylic acids is 2. The first-order valence-electron chi connectivity index (χ1n) is 6.92. The summed E-state index contributed by atoms with van der Waals surface area (Å²) in [6.07, 6.45) is 4.18. The summed E-state index contributed by atoms with van der Waals surface area (Å²) in [5, 5.41) is 3.29. The lowest BCUT2D eigenvalue weighted by Gasteiger charge is -2.39. The van der Waals surface area contributed by atoms with E-state index in [0.717, 1.165) is 45.2 Å². The van der Waals surface area contributed by atoms with E-state index < -0.39 is 0 Å². The smallest absolute Gasteiger partial charge is 0.240 e. The standard InChI is InChI=1S/C13H23N3O2/c1-2-13(5-7-15-8-6-13)12(18)16-9-3-4-10(16)11(14)17/h10,15H,2-9H2,1H3,(H2,14,17). The zero-order chi connectivity index (χ0) is 13.2. The van der Waals surface area contributed by atoms with Crippen molar-refractivity contribution >= 4 is 11.8 Å². The number of likely N-dealkylation sites (tertiary alicyclic amines) is 1. The van der Waals surface area contributed by atoms with Crippen LogP contribution in [0.5, 0.6) is 0 Å². The fourth-order valence-electron chi connectivity index (χ4n) is 3.23. The van der Waals surface area contributed by atoms with Crippen LogP contribution in [0.25, 0.3) is 0 Å². The van der Waals surface area contributed by atoms with E-state index in [4.69, 9.17) is 5.73 Å². The van der Waals surface area contributed by atoms with E-state index in [2.05, 4.69) is 12.2 Å². The summed E-state index contributed by atoms with van der Waals surface area (Å²) >= 11 is 0. The van der Waals surface area contributed by atoms with Gasteiger partial charge >= 0.3 is 0 Å². The molecule has 2 aliphatic heterocycles. The molecule has 102 valence electrons. The van der Waals surface area contributed by atoms with Crippen LogP contribution in [0.1, 0.15) is 39.0 Å². The first-order valence-corrected chi connectivity index (χ1v) is 6.92. The molecule has 5 heteroatoms. The second-order valence-electron chi connectivity index (χ2n) is 5.44. The monoisotopic (exact) mass is 253 g/mol. The molecule has 18 heavy (non-hydrogen) atoms. The van der Waals surface area contributed by atoms with Crippen LogP contribution in [-0.2, 0) is 9.59 Å². The maximum atomic E-state index is 12.8. The predicted octanol–water partition coefficient (Wildman–Crippen LogP) is 0.243. The highest BCUT2D eigenvalue weighted by Gasteiger charge is 2.44. The number of hydrogen-bond acceptors (Lipinski definition) is 3. The normalized spacial score (nSPS) is 27.2. The predicted molar refractivity (Wildman–Crippen MR) is 68.8 cm³/mol. The lowest BCUT2D eigenvalue weighted by Crippen LogP contribution is -2.53. The molecule has 2 aliphatic rings. The second-order valence-corrected chi connectivity index (χ2v) is 5.44. The number of amides is 2. The summed E-state index contributed by atoms with van der Waals surface area (Å²) in [6, 6.07) is -0.379. The van der Waals surface area contributed by atoms with Crippen LogP contribution < -0.4 is 11.1 Å². The Bertz CT molecular complexity index is 337. The molecule has 1 atom stereocenters. The van der Waals surface area contributed by atoms with Crippen molar-refractivity contribution < 1.29 is 9.59 Å². The molecule has 2 heterocycles. The van der Waals surface area contributed by atoms with Gasteiger partial charge in [0.15, 0.2) is 0 Å². The Balaban J connectivity index is 2.15. The van der Waals surface area contributed by atoms with Crippen LogP contribution >= 0.6 is 0 Å². The van der Waals surface area contributed by atoms with E-state index in [1.165, 1.54) is 0 Å². The van der Waals surface area contributed by atoms with Crippen molar-refractivity contribution in [2.45, 2.75) is 45.1 Å². The third kappa shape index (κ3) is 2.23. The zero-order valence-corrected chi connectivity index (χ0v) is 11.1. The molecule has 0 radical (unpaired) electrons. The average Bonchev–Trinajstić information content (AvgIpc) is 2.88. The molecule has 0 aromatic heterocycles. The molecule has 5 nitrogen and oxygen atoms in total. The Hall–Kier alpha value is -1.10. The van der Waals surface area contributed by atoms with Crippen molar-refractivity contribution in [2.24, 2.45) is 11.1 Å². The largest absolute Gasteiger partial charge is 0.368 e. The first kappa shape index (κ1) is 13.3. The number of nitrogens with zero attached hydrogens (tertiary/aromatic N) is 1. The highest BCUT2D eigenvalue weighted by molar-refractivity contribution is 5.90. The lowest BCUT2D eigenvalue weighted by molar-refractivity contribution is -0.148. The number of nitrogens with one attached hydrogen (secondary N) is 1. The van der Waals surface area contributed by atoms with E-state index in [-0.39, 0.29) is 23.3 Å². The third-order valence-electron chi connectivity index (χ3n) is 4.53. The van der Waals surface area contributed by atoms with E-state index in [1.807, 2.05) is 0 Å². The minimum absolute atomic E-state index is 0.146. The van der Waals surface area contributed by atoms with E-state index in [0.29, 0.717) is 6.54 Å². The summed E-state index contributed by atoms with van der Waals surface area (Å²) in [7, 11) is 0. The molecule has 0 saturated carbocycles. The lowest BCUT2D eigenvalue weighted by atomic mass is 9.75. The molecule has 2 fully saturated rings. The Morgan fingerprint density at radius 2 is 2.06 bits per heavy atom. The Morgan fingerprint density at radius 1 is 1.39 bits per heavy atom. The summed E-state index contributed by atoms with van der Waals surface area (Å²) in [4.78, 5) is 25.9. The van der Waals surface area contributed by atoms with Gasteiger partial charge in [0.1, 0.15) is 6.04 Å². The van der Waals surface area contributed by atoms with Crippen molar-refractivity contribution in [3.63, 3.8) is 0 Å². The van der Waals surface area contributed by atoms with Gasteiger partial charge in [0.25, 0.3) is 0 Å². The molecular formula is C13H23N3O2. The Labute approximate surface area is 108 Å². The molecule has 3 N–H and O–H groups in total. The topological polar surface area (TPSA) is 75.4 Å². The van der Waals surface area contributed by atoms with Gasteiger partial charge in [0.2, 0.25) is 11.8 Å². The summed E-state index contributed by atoms with van der Waals surface area (Å²) < 4.78 is 0. The minimum Gasteiger partial charge on any atom is -0.368 e. The van der Waals surface area contributed by atoms with E-state index >= 15 is 0 Å². The first-order chi connectivity index (χ1) is 8.60. The minimum atomic E-state index is -0.379. The molecule has 2 amide bonds. The number of carbonyl (C=O) groups is 2. The van der Waals surface area contributed by atoms with Gasteiger partial charge in [-0.2, -0.15) is 0 Å². The van der Waals surface area contributed by atoms with Gasteiger partial charge < -0.3 is 16.0 Å². The summed E-state index contributed by atoms with van der Waals surface area (Å²) in [5.41, 5.74) is 5.12. The van der Waals surface area contributed by atoms with Crippen LogP contribution in [0, 0.1) is 5.41 Å². The molecule has 0 bridgehead atoms. The molecule has 1 unspecified atom stereocenters. The van der Waals surface area contributed by atoms with Crippen molar-refractivity contribution in [1.29, 1.82) is 0 Å². The van der Waals surface area contributed by atoms with E-state index in [9.17, 15) is 9.59 Å². The van der Waals surface area contributed by atoms with Crippen LogP contribution in [0.3, 0.4) is 0 Å². The van der Waals surface area contributed by atoms with Crippen molar-refractivity contribution in [2.75, 3.05) is 19.6 Å². The summed E-state index contributed by atoms with van der Waals surface area (Å²) in [5.74, 6) is -0.214. The van der Waals surface area contributed by atoms with Crippen LogP contribution in [0.2, 0.25) is 0 Å². The van der Waals surface area contributed by atoms with Gasteiger partial charge in [-0.3, -0.25) is 9.59 Å². The fourth-order valence-corrected chi connectivity index (χ4v) is 3.23. The van der Waals surface area contributed by atoms with Crippen LogP contribution in [0.15, 0.2) is 0 Å².